The third-order valence-corrected chi connectivity index (χ3v) is 2.90. The van der Waals surface area contributed by atoms with Crippen LogP contribution in [0.3, 0.4) is 0 Å². The van der Waals surface area contributed by atoms with E-state index in [1.807, 2.05) is 6.07 Å². The van der Waals surface area contributed by atoms with E-state index in [1.54, 1.807) is 38.4 Å². The van der Waals surface area contributed by atoms with Gasteiger partial charge in [-0.1, -0.05) is 6.07 Å². The molecule has 2 aromatic rings. The van der Waals surface area contributed by atoms with Crippen molar-refractivity contribution in [3.63, 3.8) is 0 Å². The Labute approximate surface area is 117 Å². The molecule has 0 amide bonds. The van der Waals surface area contributed by atoms with E-state index in [4.69, 9.17) is 15.2 Å². The van der Waals surface area contributed by atoms with Gasteiger partial charge in [0.15, 0.2) is 0 Å². The Hall–Kier alpha value is -2.14. The average molecular weight is 276 g/mol. The molecular formula is C15H17FN2O2. The molecule has 1 heterocycles. The largest absolute Gasteiger partial charge is 0.489 e. The normalized spacial score (nSPS) is 12.0. The number of hydrogen-bond acceptors (Lipinski definition) is 4. The number of nitrogens with zero attached hydrogens (tertiary/aromatic N) is 1. The van der Waals surface area contributed by atoms with Crippen LogP contribution in [0.25, 0.3) is 0 Å². The van der Waals surface area contributed by atoms with Crippen molar-refractivity contribution in [2.24, 2.45) is 5.73 Å². The monoisotopic (exact) mass is 276 g/mol. The van der Waals surface area contributed by atoms with Gasteiger partial charge in [-0.25, -0.2) is 9.37 Å². The molecule has 1 aromatic heterocycles. The van der Waals surface area contributed by atoms with E-state index in [0.717, 1.165) is 5.56 Å². The van der Waals surface area contributed by atoms with Crippen molar-refractivity contribution in [2.45, 2.75) is 19.6 Å². The number of benzene rings is 1. The first-order valence-electron chi connectivity index (χ1n) is 6.27. The summed E-state index contributed by atoms with van der Waals surface area (Å²) in [6, 6.07) is 7.96. The molecule has 1 aromatic carbocycles. The molecule has 106 valence electrons. The number of methoxy groups -OCH3 is 1. The highest BCUT2D eigenvalue weighted by atomic mass is 19.1. The molecule has 5 heteroatoms. The molecule has 0 saturated heterocycles. The molecule has 0 saturated carbocycles. The summed E-state index contributed by atoms with van der Waals surface area (Å²) in [7, 11) is 1.54. The van der Waals surface area contributed by atoms with Crippen molar-refractivity contribution in [3.8, 4) is 11.6 Å². The van der Waals surface area contributed by atoms with Crippen LogP contribution in [-0.4, -0.2) is 12.1 Å². The summed E-state index contributed by atoms with van der Waals surface area (Å²) in [6.45, 7) is 1.99. The van der Waals surface area contributed by atoms with E-state index >= 15 is 0 Å². The Morgan fingerprint density at radius 3 is 2.80 bits per heavy atom. The lowest BCUT2D eigenvalue weighted by Crippen LogP contribution is -2.07. The summed E-state index contributed by atoms with van der Waals surface area (Å²) in [5.74, 6) is 0.577. The molecule has 0 aliphatic rings. The Morgan fingerprint density at radius 1 is 1.35 bits per heavy atom. The van der Waals surface area contributed by atoms with Gasteiger partial charge in [0.05, 0.1) is 12.7 Å². The van der Waals surface area contributed by atoms with Gasteiger partial charge in [0.2, 0.25) is 5.88 Å². The number of hydrogen-bond donors (Lipinski definition) is 1. The highest BCUT2D eigenvalue weighted by molar-refractivity contribution is 5.31. The minimum absolute atomic E-state index is 0.258. The molecule has 4 nitrogen and oxygen atoms in total. The van der Waals surface area contributed by atoms with E-state index in [-0.39, 0.29) is 18.5 Å². The maximum atomic E-state index is 13.8. The summed E-state index contributed by atoms with van der Waals surface area (Å²) in [4.78, 5) is 4.07. The van der Waals surface area contributed by atoms with Crippen LogP contribution in [0.5, 0.6) is 11.6 Å². The summed E-state index contributed by atoms with van der Waals surface area (Å²) in [6.07, 6.45) is 1.64. The smallest absolute Gasteiger partial charge is 0.219 e. The average Bonchev–Trinajstić information content (AvgIpc) is 2.45. The maximum absolute atomic E-state index is 13.8. The van der Waals surface area contributed by atoms with Crippen molar-refractivity contribution < 1.29 is 13.9 Å². The second kappa shape index (κ2) is 6.34. The van der Waals surface area contributed by atoms with E-state index < -0.39 is 0 Å². The number of nitrogens with two attached hydrogens (primary N) is 1. The minimum atomic E-state index is -0.365. The zero-order chi connectivity index (χ0) is 14.5. The third kappa shape index (κ3) is 3.24. The molecule has 2 rings (SSSR count). The van der Waals surface area contributed by atoms with Gasteiger partial charge in [0, 0.05) is 23.9 Å². The quantitative estimate of drug-likeness (QED) is 0.912. The van der Waals surface area contributed by atoms with Gasteiger partial charge in [0.1, 0.15) is 18.2 Å². The standard InChI is InChI=1S/C15H17FN2O2/c1-10(17)13-6-5-12(8-14(13)16)20-9-11-4-3-7-18-15(11)19-2/h3-8,10H,9,17H2,1-2H3/t10-/m1/s1. The lowest BCUT2D eigenvalue weighted by atomic mass is 10.1. The SMILES string of the molecule is COc1ncccc1COc1ccc([C@@H](C)N)c(F)c1. The molecule has 2 N–H and O–H groups in total. The molecular weight excluding hydrogens is 259 g/mol. The molecule has 1 atom stereocenters. The van der Waals surface area contributed by atoms with Gasteiger partial charge in [-0.05, 0) is 25.1 Å². The first-order chi connectivity index (χ1) is 9.61. The second-order valence-corrected chi connectivity index (χ2v) is 4.43. The predicted molar refractivity (Wildman–Crippen MR) is 74.1 cm³/mol. The van der Waals surface area contributed by atoms with Gasteiger partial charge < -0.3 is 15.2 Å². The molecule has 0 aliphatic heterocycles. The van der Waals surface area contributed by atoms with Crippen LogP contribution in [0, 0.1) is 5.82 Å². The fraction of sp³-hybridized carbons (Fsp3) is 0.267. The van der Waals surface area contributed by atoms with Crippen LogP contribution >= 0.6 is 0 Å². The van der Waals surface area contributed by atoms with E-state index in [2.05, 4.69) is 4.98 Å². The number of ether oxygens (including phenoxy) is 2. The van der Waals surface area contributed by atoms with Crippen LogP contribution in [-0.2, 0) is 6.61 Å². The van der Waals surface area contributed by atoms with Crippen LogP contribution in [0.4, 0.5) is 4.39 Å². The molecule has 0 spiro atoms. The van der Waals surface area contributed by atoms with Crippen molar-refractivity contribution in [1.29, 1.82) is 0 Å². The number of halogens is 1. The molecule has 0 radical (unpaired) electrons. The Morgan fingerprint density at radius 2 is 2.15 bits per heavy atom. The van der Waals surface area contributed by atoms with Crippen LogP contribution in [0.2, 0.25) is 0 Å². The zero-order valence-corrected chi connectivity index (χ0v) is 11.5. The first-order valence-corrected chi connectivity index (χ1v) is 6.27. The Kier molecular flexibility index (Phi) is 4.53. The van der Waals surface area contributed by atoms with Gasteiger partial charge >= 0.3 is 0 Å². The van der Waals surface area contributed by atoms with Crippen molar-refractivity contribution in [1.82, 2.24) is 4.98 Å². The summed E-state index contributed by atoms with van der Waals surface area (Å²) < 4.78 is 24.5. The van der Waals surface area contributed by atoms with Gasteiger partial charge in [-0.3, -0.25) is 0 Å². The summed E-state index contributed by atoms with van der Waals surface area (Å²) in [5.41, 5.74) is 6.93. The first kappa shape index (κ1) is 14.3. The van der Waals surface area contributed by atoms with Crippen molar-refractivity contribution >= 4 is 0 Å². The summed E-state index contributed by atoms with van der Waals surface area (Å²) in [5, 5.41) is 0. The Balaban J connectivity index is 2.09. The zero-order valence-electron chi connectivity index (χ0n) is 11.5. The third-order valence-electron chi connectivity index (χ3n) is 2.90. The molecule has 0 bridgehead atoms. The van der Waals surface area contributed by atoms with Crippen molar-refractivity contribution in [3.05, 3.63) is 53.5 Å². The van der Waals surface area contributed by atoms with E-state index in [0.29, 0.717) is 17.2 Å². The van der Waals surface area contributed by atoms with Crippen molar-refractivity contribution in [2.75, 3.05) is 7.11 Å². The fourth-order valence-electron chi connectivity index (χ4n) is 1.85. The lowest BCUT2D eigenvalue weighted by molar-refractivity contribution is 0.292. The second-order valence-electron chi connectivity index (χ2n) is 4.43. The number of rotatable bonds is 5. The molecule has 0 unspecified atom stereocenters. The number of pyridine rings is 1. The van der Waals surface area contributed by atoms with Gasteiger partial charge in [-0.2, -0.15) is 0 Å². The highest BCUT2D eigenvalue weighted by Gasteiger charge is 2.09. The molecule has 0 fully saturated rings. The van der Waals surface area contributed by atoms with Crippen LogP contribution in [0.15, 0.2) is 36.5 Å². The van der Waals surface area contributed by atoms with Gasteiger partial charge in [-0.15, -0.1) is 0 Å². The molecule has 0 aliphatic carbocycles. The Bertz CT molecular complexity index is 588. The minimum Gasteiger partial charge on any atom is -0.489 e. The maximum Gasteiger partial charge on any atom is 0.219 e. The highest BCUT2D eigenvalue weighted by Crippen LogP contribution is 2.22. The van der Waals surface area contributed by atoms with E-state index in [1.165, 1.54) is 6.07 Å². The summed E-state index contributed by atoms with van der Waals surface area (Å²) >= 11 is 0. The lowest BCUT2D eigenvalue weighted by Gasteiger charge is -2.11. The molecule has 20 heavy (non-hydrogen) atoms. The fourth-order valence-corrected chi connectivity index (χ4v) is 1.85. The van der Waals surface area contributed by atoms with Gasteiger partial charge in [0.25, 0.3) is 0 Å². The van der Waals surface area contributed by atoms with E-state index in [9.17, 15) is 4.39 Å². The number of aromatic nitrogens is 1. The van der Waals surface area contributed by atoms with Crippen LogP contribution < -0.4 is 15.2 Å². The van der Waals surface area contributed by atoms with Crippen LogP contribution in [0.1, 0.15) is 24.1 Å². The predicted octanol–water partition coefficient (Wildman–Crippen LogP) is 2.83. The topological polar surface area (TPSA) is 57.4 Å².